The van der Waals surface area contributed by atoms with Gasteiger partial charge in [-0.3, -0.25) is 0 Å². The molecule has 0 atom stereocenters. The van der Waals surface area contributed by atoms with Gasteiger partial charge in [-0.1, -0.05) is 38.2 Å². The lowest BCUT2D eigenvalue weighted by molar-refractivity contribution is 0.135. The highest BCUT2D eigenvalue weighted by Crippen LogP contribution is 1.96. The molecule has 0 N–H and O–H groups in total. The summed E-state index contributed by atoms with van der Waals surface area (Å²) in [5.41, 5.74) is 1.19. The second-order valence-electron chi connectivity index (χ2n) is 3.56. The van der Waals surface area contributed by atoms with E-state index < -0.39 is 0 Å². The van der Waals surface area contributed by atoms with E-state index in [0.29, 0.717) is 5.92 Å². The van der Waals surface area contributed by atoms with Gasteiger partial charge < -0.3 is 4.74 Å². The molecule has 0 heterocycles. The van der Waals surface area contributed by atoms with Crippen LogP contribution in [0.25, 0.3) is 0 Å². The van der Waals surface area contributed by atoms with Gasteiger partial charge in [0, 0.05) is 6.61 Å². The molecule has 12 heavy (non-hydrogen) atoms. The van der Waals surface area contributed by atoms with Crippen LogP contribution in [0.2, 0.25) is 0 Å². The lowest BCUT2D eigenvalue weighted by atomic mass is 10.2. The fourth-order valence-corrected chi connectivity index (χ4v) is 0.724. The van der Waals surface area contributed by atoms with Crippen molar-refractivity contribution < 1.29 is 4.74 Å². The third-order valence-electron chi connectivity index (χ3n) is 1.30. The molecule has 0 aromatic heterocycles. The van der Waals surface area contributed by atoms with E-state index in [1.54, 1.807) is 0 Å². The lowest BCUT2D eigenvalue weighted by Crippen LogP contribution is -2.01. The Balaban J connectivity index is 3.19. The van der Waals surface area contributed by atoms with Crippen LogP contribution in [0.3, 0.4) is 0 Å². The molecule has 1 heteroatoms. The van der Waals surface area contributed by atoms with Gasteiger partial charge in [0.1, 0.15) is 0 Å². The first-order valence-corrected chi connectivity index (χ1v) is 4.50. The van der Waals surface area contributed by atoms with Crippen molar-refractivity contribution in [3.05, 3.63) is 24.3 Å². The molecule has 0 spiro atoms. The molecule has 0 radical (unpaired) electrons. The van der Waals surface area contributed by atoms with E-state index in [-0.39, 0.29) is 0 Å². The molecule has 70 valence electrons. The Labute approximate surface area is 76.1 Å². The van der Waals surface area contributed by atoms with Gasteiger partial charge in [-0.15, -0.1) is 0 Å². The number of rotatable bonds is 6. The third-order valence-corrected chi connectivity index (χ3v) is 1.30. The Morgan fingerprint density at radius 2 is 2.08 bits per heavy atom. The molecular formula is C11H20O. The highest BCUT2D eigenvalue weighted by Gasteiger charge is 1.90. The van der Waals surface area contributed by atoms with Gasteiger partial charge in [0.25, 0.3) is 0 Å². The molecule has 0 aliphatic heterocycles. The predicted octanol–water partition coefficient (Wildman–Crippen LogP) is 3.18. The van der Waals surface area contributed by atoms with Crippen molar-refractivity contribution in [1.82, 2.24) is 0 Å². The van der Waals surface area contributed by atoms with Gasteiger partial charge in [-0.2, -0.15) is 0 Å². The van der Waals surface area contributed by atoms with Crippen LogP contribution >= 0.6 is 0 Å². The number of hydrogen-bond donors (Lipinski definition) is 0. The van der Waals surface area contributed by atoms with Crippen molar-refractivity contribution in [2.75, 3.05) is 13.2 Å². The Hall–Kier alpha value is -0.560. The molecule has 0 saturated carbocycles. The summed E-state index contributed by atoms with van der Waals surface area (Å²) in [5.74, 6) is 0.625. The maximum absolute atomic E-state index is 5.36. The van der Waals surface area contributed by atoms with Crippen molar-refractivity contribution in [1.29, 1.82) is 0 Å². The zero-order valence-corrected chi connectivity index (χ0v) is 8.47. The van der Waals surface area contributed by atoms with Crippen LogP contribution in [-0.2, 0) is 4.74 Å². The average molecular weight is 168 g/mol. The van der Waals surface area contributed by atoms with Gasteiger partial charge in [0.15, 0.2) is 0 Å². The highest BCUT2D eigenvalue weighted by atomic mass is 16.5. The quantitative estimate of drug-likeness (QED) is 0.437. The van der Waals surface area contributed by atoms with E-state index in [1.807, 2.05) is 6.92 Å². The number of hydrogen-bond acceptors (Lipinski definition) is 1. The number of allylic oxidation sites excluding steroid dienone is 2. The van der Waals surface area contributed by atoms with Gasteiger partial charge in [-0.05, 0) is 19.3 Å². The molecule has 0 amide bonds. The number of ether oxygens (including phenoxy) is 1. The molecule has 0 unspecified atom stereocenters. The first-order chi connectivity index (χ1) is 5.63. The van der Waals surface area contributed by atoms with Gasteiger partial charge >= 0.3 is 0 Å². The predicted molar refractivity (Wildman–Crippen MR) is 54.2 cm³/mol. The van der Waals surface area contributed by atoms with E-state index in [4.69, 9.17) is 4.74 Å². The highest BCUT2D eigenvalue weighted by molar-refractivity contribution is 4.98. The summed E-state index contributed by atoms with van der Waals surface area (Å²) < 4.78 is 5.36. The van der Waals surface area contributed by atoms with E-state index in [2.05, 4.69) is 32.6 Å². The first-order valence-electron chi connectivity index (χ1n) is 4.50. The topological polar surface area (TPSA) is 9.23 Å². The minimum Gasteiger partial charge on any atom is -0.377 e. The van der Waals surface area contributed by atoms with Crippen LogP contribution in [0.4, 0.5) is 0 Å². The SMILES string of the molecule is C=C(C)C/C=C\COCC(C)C. The third kappa shape index (κ3) is 9.44. The normalized spacial score (nSPS) is 11.3. The molecule has 0 rings (SSSR count). The molecule has 0 bridgehead atoms. The molecule has 0 aliphatic rings. The van der Waals surface area contributed by atoms with E-state index in [1.165, 1.54) is 5.57 Å². The Kier molecular flexibility index (Phi) is 6.78. The van der Waals surface area contributed by atoms with Gasteiger partial charge in [0.05, 0.1) is 6.61 Å². The van der Waals surface area contributed by atoms with Crippen LogP contribution in [0.5, 0.6) is 0 Å². The first kappa shape index (κ1) is 11.4. The monoisotopic (exact) mass is 168 g/mol. The minimum atomic E-state index is 0.625. The summed E-state index contributed by atoms with van der Waals surface area (Å²) in [4.78, 5) is 0. The zero-order chi connectivity index (χ0) is 9.40. The Bertz CT molecular complexity index is 145. The maximum atomic E-state index is 5.36. The van der Waals surface area contributed by atoms with Crippen molar-refractivity contribution in [2.45, 2.75) is 27.2 Å². The molecule has 0 aromatic carbocycles. The summed E-state index contributed by atoms with van der Waals surface area (Å²) >= 11 is 0. The average Bonchev–Trinajstić information content (AvgIpc) is 1.95. The second kappa shape index (κ2) is 7.11. The summed E-state index contributed by atoms with van der Waals surface area (Å²) in [7, 11) is 0. The second-order valence-corrected chi connectivity index (χ2v) is 3.56. The molecule has 0 fully saturated rings. The largest absolute Gasteiger partial charge is 0.377 e. The Morgan fingerprint density at radius 1 is 1.42 bits per heavy atom. The van der Waals surface area contributed by atoms with Crippen LogP contribution < -0.4 is 0 Å². The van der Waals surface area contributed by atoms with E-state index >= 15 is 0 Å². The molecule has 0 saturated heterocycles. The molecule has 0 aliphatic carbocycles. The molecule has 0 aromatic rings. The van der Waals surface area contributed by atoms with E-state index in [0.717, 1.165) is 19.6 Å². The fourth-order valence-electron chi connectivity index (χ4n) is 0.724. The molecular weight excluding hydrogens is 148 g/mol. The van der Waals surface area contributed by atoms with Crippen LogP contribution in [0.15, 0.2) is 24.3 Å². The molecule has 1 nitrogen and oxygen atoms in total. The van der Waals surface area contributed by atoms with Crippen molar-refractivity contribution >= 4 is 0 Å². The van der Waals surface area contributed by atoms with E-state index in [9.17, 15) is 0 Å². The van der Waals surface area contributed by atoms with Gasteiger partial charge in [-0.25, -0.2) is 0 Å². The zero-order valence-electron chi connectivity index (χ0n) is 8.47. The maximum Gasteiger partial charge on any atom is 0.0647 e. The summed E-state index contributed by atoms with van der Waals surface area (Å²) in [6.07, 6.45) is 5.12. The standard InChI is InChI=1S/C11H20O/c1-10(2)7-5-6-8-12-9-11(3)4/h5-6,11H,1,7-9H2,2-4H3/b6-5-. The van der Waals surface area contributed by atoms with Crippen molar-refractivity contribution in [3.8, 4) is 0 Å². The van der Waals surface area contributed by atoms with Crippen molar-refractivity contribution in [3.63, 3.8) is 0 Å². The summed E-state index contributed by atoms with van der Waals surface area (Å²) in [5, 5.41) is 0. The van der Waals surface area contributed by atoms with Crippen molar-refractivity contribution in [2.24, 2.45) is 5.92 Å². The van der Waals surface area contributed by atoms with Crippen LogP contribution in [-0.4, -0.2) is 13.2 Å². The Morgan fingerprint density at radius 3 is 2.58 bits per heavy atom. The minimum absolute atomic E-state index is 0.625. The van der Waals surface area contributed by atoms with Crippen LogP contribution in [0, 0.1) is 5.92 Å². The summed E-state index contributed by atoms with van der Waals surface area (Å²) in [6.45, 7) is 11.7. The van der Waals surface area contributed by atoms with Crippen LogP contribution in [0.1, 0.15) is 27.2 Å². The summed E-state index contributed by atoms with van der Waals surface area (Å²) in [6, 6.07) is 0. The fraction of sp³-hybridized carbons (Fsp3) is 0.636. The smallest absolute Gasteiger partial charge is 0.0647 e. The van der Waals surface area contributed by atoms with Gasteiger partial charge in [0.2, 0.25) is 0 Å². The lowest BCUT2D eigenvalue weighted by Gasteiger charge is -2.02.